The fraction of sp³-hybridized carbons (Fsp3) is 0. The first kappa shape index (κ1) is 13.3. The van der Waals surface area contributed by atoms with E-state index in [1.807, 2.05) is 0 Å². The molecule has 0 saturated carbocycles. The maximum atomic E-state index is 11.4. The van der Waals surface area contributed by atoms with Crippen LogP contribution in [0, 0.1) is 10.1 Å². The number of fused-ring (bicyclic) bond motifs is 1. The number of hydrogen-bond donors (Lipinski definition) is 0. The van der Waals surface area contributed by atoms with Crippen LogP contribution in [0.4, 0.5) is 5.69 Å². The summed E-state index contributed by atoms with van der Waals surface area (Å²) in [5.41, 5.74) is 1.68. The molecule has 0 radical (unpaired) electrons. The van der Waals surface area contributed by atoms with Gasteiger partial charge in [0, 0.05) is 23.9 Å². The number of non-ortho nitro benzene ring substituents is 1. The van der Waals surface area contributed by atoms with Crippen LogP contribution < -0.4 is 0 Å². The van der Waals surface area contributed by atoms with Crippen molar-refractivity contribution in [1.82, 2.24) is 9.38 Å². The first-order chi connectivity index (χ1) is 10.1. The highest BCUT2D eigenvalue weighted by Gasteiger charge is 2.16. The highest BCUT2D eigenvalue weighted by atomic mass is 35.5. The van der Waals surface area contributed by atoms with Crippen molar-refractivity contribution in [3.63, 3.8) is 0 Å². The Balaban J connectivity index is 2.27. The molecule has 0 N–H and O–H groups in total. The van der Waals surface area contributed by atoms with Crippen LogP contribution in [0.5, 0.6) is 0 Å². The quantitative estimate of drug-likeness (QED) is 0.422. The predicted octanol–water partition coefficient (Wildman–Crippen LogP) is 3.38. The lowest BCUT2D eigenvalue weighted by Gasteiger charge is -1.99. The molecule has 1 aromatic carbocycles. The lowest BCUT2D eigenvalue weighted by molar-refractivity contribution is -0.384. The van der Waals surface area contributed by atoms with Gasteiger partial charge in [-0.3, -0.25) is 19.3 Å². The zero-order chi connectivity index (χ0) is 15.0. The van der Waals surface area contributed by atoms with Crippen LogP contribution in [0.1, 0.15) is 10.5 Å². The summed E-state index contributed by atoms with van der Waals surface area (Å²) in [5.74, 6) is 0. The van der Waals surface area contributed by atoms with Gasteiger partial charge >= 0.3 is 0 Å². The number of carbonyl (C=O) groups is 1. The van der Waals surface area contributed by atoms with Gasteiger partial charge in [-0.05, 0) is 12.1 Å². The molecule has 6 nitrogen and oxygen atoms in total. The summed E-state index contributed by atoms with van der Waals surface area (Å²) < 4.78 is 1.56. The number of nitro groups is 1. The molecule has 0 fully saturated rings. The zero-order valence-electron chi connectivity index (χ0n) is 10.6. The van der Waals surface area contributed by atoms with E-state index in [-0.39, 0.29) is 5.69 Å². The molecule has 0 atom stereocenters. The van der Waals surface area contributed by atoms with Gasteiger partial charge in [0.15, 0.2) is 6.29 Å². The van der Waals surface area contributed by atoms with Crippen LogP contribution in [-0.4, -0.2) is 20.6 Å². The standard InChI is InChI=1S/C14H8ClN3O3/c15-10-4-5-13-16-14(12(8-19)17(13)7-10)9-2-1-3-11(6-9)18(20)21/h1-8H. The van der Waals surface area contributed by atoms with Gasteiger partial charge in [0.25, 0.3) is 5.69 Å². The number of benzene rings is 1. The van der Waals surface area contributed by atoms with Crippen LogP contribution in [0.3, 0.4) is 0 Å². The summed E-state index contributed by atoms with van der Waals surface area (Å²) in [4.78, 5) is 26.1. The van der Waals surface area contributed by atoms with E-state index in [1.165, 1.54) is 12.1 Å². The Morgan fingerprint density at radius 1 is 1.29 bits per heavy atom. The van der Waals surface area contributed by atoms with E-state index in [1.54, 1.807) is 34.9 Å². The van der Waals surface area contributed by atoms with Crippen LogP contribution in [-0.2, 0) is 0 Å². The monoisotopic (exact) mass is 301 g/mol. The molecule has 0 aliphatic heterocycles. The van der Waals surface area contributed by atoms with Crippen molar-refractivity contribution >= 4 is 29.2 Å². The summed E-state index contributed by atoms with van der Waals surface area (Å²) in [5, 5.41) is 11.3. The van der Waals surface area contributed by atoms with E-state index < -0.39 is 4.92 Å². The number of imidazole rings is 1. The van der Waals surface area contributed by atoms with Crippen molar-refractivity contribution in [3.05, 3.63) is 63.4 Å². The largest absolute Gasteiger partial charge is 0.296 e. The van der Waals surface area contributed by atoms with Gasteiger partial charge < -0.3 is 0 Å². The summed E-state index contributed by atoms with van der Waals surface area (Å²) in [6, 6.07) is 9.33. The summed E-state index contributed by atoms with van der Waals surface area (Å²) in [6.45, 7) is 0. The number of pyridine rings is 1. The highest BCUT2D eigenvalue weighted by Crippen LogP contribution is 2.27. The second-order valence-electron chi connectivity index (χ2n) is 4.35. The van der Waals surface area contributed by atoms with Crippen molar-refractivity contribution in [1.29, 1.82) is 0 Å². The van der Waals surface area contributed by atoms with E-state index in [4.69, 9.17) is 11.6 Å². The van der Waals surface area contributed by atoms with Crippen LogP contribution in [0.15, 0.2) is 42.6 Å². The zero-order valence-corrected chi connectivity index (χ0v) is 11.3. The van der Waals surface area contributed by atoms with Gasteiger partial charge in [0.05, 0.1) is 9.95 Å². The van der Waals surface area contributed by atoms with Crippen LogP contribution >= 0.6 is 11.6 Å². The number of aldehydes is 1. The first-order valence-corrected chi connectivity index (χ1v) is 6.35. The molecule has 2 heterocycles. The average Bonchev–Trinajstić information content (AvgIpc) is 2.85. The Morgan fingerprint density at radius 3 is 2.81 bits per heavy atom. The van der Waals surface area contributed by atoms with Crippen molar-refractivity contribution < 1.29 is 9.72 Å². The van der Waals surface area contributed by atoms with Crippen LogP contribution in [0.2, 0.25) is 5.02 Å². The Hall–Kier alpha value is -2.73. The molecule has 3 aromatic rings. The molecule has 0 amide bonds. The minimum Gasteiger partial charge on any atom is -0.296 e. The predicted molar refractivity (Wildman–Crippen MR) is 77.7 cm³/mol. The fourth-order valence-electron chi connectivity index (χ4n) is 2.13. The van der Waals surface area contributed by atoms with E-state index in [0.717, 1.165) is 0 Å². The first-order valence-electron chi connectivity index (χ1n) is 5.98. The number of nitrogens with zero attached hydrogens (tertiary/aromatic N) is 3. The van der Waals surface area contributed by atoms with Gasteiger partial charge in [-0.25, -0.2) is 4.98 Å². The lowest BCUT2D eigenvalue weighted by Crippen LogP contribution is -1.93. The molecule has 0 aliphatic carbocycles. The van der Waals surface area contributed by atoms with E-state index in [0.29, 0.717) is 33.9 Å². The second kappa shape index (κ2) is 4.99. The van der Waals surface area contributed by atoms with Crippen molar-refractivity contribution in [2.45, 2.75) is 0 Å². The Kier molecular flexibility index (Phi) is 3.15. The second-order valence-corrected chi connectivity index (χ2v) is 4.78. The smallest absolute Gasteiger partial charge is 0.270 e. The minimum absolute atomic E-state index is 0.0561. The van der Waals surface area contributed by atoms with E-state index >= 15 is 0 Å². The van der Waals surface area contributed by atoms with Crippen molar-refractivity contribution in [3.8, 4) is 11.3 Å². The van der Waals surface area contributed by atoms with Gasteiger partial charge in [0.2, 0.25) is 0 Å². The summed E-state index contributed by atoms with van der Waals surface area (Å²) >= 11 is 5.92. The Morgan fingerprint density at radius 2 is 2.10 bits per heavy atom. The molecule has 0 bridgehead atoms. The third-order valence-electron chi connectivity index (χ3n) is 3.06. The fourth-order valence-corrected chi connectivity index (χ4v) is 2.29. The van der Waals surface area contributed by atoms with E-state index in [2.05, 4.69) is 4.98 Å². The van der Waals surface area contributed by atoms with Crippen molar-refractivity contribution in [2.24, 2.45) is 0 Å². The molecule has 0 unspecified atom stereocenters. The third-order valence-corrected chi connectivity index (χ3v) is 3.29. The van der Waals surface area contributed by atoms with Crippen LogP contribution in [0.25, 0.3) is 16.9 Å². The molecule has 21 heavy (non-hydrogen) atoms. The number of rotatable bonds is 3. The van der Waals surface area contributed by atoms with Gasteiger partial charge in [0.1, 0.15) is 17.0 Å². The van der Waals surface area contributed by atoms with Gasteiger partial charge in [-0.2, -0.15) is 0 Å². The number of halogens is 1. The number of aromatic nitrogens is 2. The molecule has 2 aromatic heterocycles. The SMILES string of the molecule is O=Cc1c(-c2cccc([N+](=O)[O-])c2)nc2ccc(Cl)cn12. The molecule has 0 spiro atoms. The molecule has 0 aliphatic rings. The Bertz CT molecular complexity index is 873. The maximum Gasteiger partial charge on any atom is 0.270 e. The number of hydrogen-bond acceptors (Lipinski definition) is 4. The summed E-state index contributed by atoms with van der Waals surface area (Å²) in [7, 11) is 0. The summed E-state index contributed by atoms with van der Waals surface area (Å²) in [6.07, 6.45) is 2.24. The normalized spacial score (nSPS) is 10.7. The molecular formula is C14H8ClN3O3. The highest BCUT2D eigenvalue weighted by molar-refractivity contribution is 6.30. The van der Waals surface area contributed by atoms with Gasteiger partial charge in [-0.1, -0.05) is 23.7 Å². The average molecular weight is 302 g/mol. The number of nitro benzene ring substituents is 1. The molecule has 0 saturated heterocycles. The van der Waals surface area contributed by atoms with Gasteiger partial charge in [-0.15, -0.1) is 0 Å². The number of carbonyl (C=O) groups excluding carboxylic acids is 1. The van der Waals surface area contributed by atoms with Crippen molar-refractivity contribution in [2.75, 3.05) is 0 Å². The van der Waals surface area contributed by atoms with E-state index in [9.17, 15) is 14.9 Å². The Labute approximate surface area is 123 Å². The maximum absolute atomic E-state index is 11.4. The minimum atomic E-state index is -0.489. The molecule has 3 rings (SSSR count). The molecule has 7 heteroatoms. The lowest BCUT2D eigenvalue weighted by atomic mass is 10.1. The topological polar surface area (TPSA) is 77.5 Å². The molecule has 104 valence electrons. The third kappa shape index (κ3) is 2.25. The molecular weight excluding hydrogens is 294 g/mol.